The third-order valence-corrected chi connectivity index (χ3v) is 9.47. The minimum Gasteiger partial charge on any atom is -0.486 e. The number of amides is 1. The lowest BCUT2D eigenvalue weighted by molar-refractivity contribution is -0.120. The van der Waals surface area contributed by atoms with E-state index in [0.29, 0.717) is 42.9 Å². The quantitative estimate of drug-likeness (QED) is 0.312. The molecular weight excluding hydrogens is 605 g/mol. The molecule has 14 heteroatoms. The summed E-state index contributed by atoms with van der Waals surface area (Å²) in [5.74, 6) is 0.648. The molecule has 246 valence electrons. The number of aliphatic hydroxyl groups is 1. The van der Waals surface area contributed by atoms with Gasteiger partial charge in [0.05, 0.1) is 24.8 Å². The second kappa shape index (κ2) is 13.7. The Morgan fingerprint density at radius 3 is 2.60 bits per heavy atom. The highest BCUT2D eigenvalue weighted by molar-refractivity contribution is 5.78. The first-order valence-corrected chi connectivity index (χ1v) is 16.1. The number of nitriles is 1. The van der Waals surface area contributed by atoms with E-state index in [4.69, 9.17) is 9.47 Å². The highest BCUT2D eigenvalue weighted by atomic mass is 19.1. The number of aliphatic hydroxyl groups excluding tert-OH is 1. The number of piperidine rings is 1. The van der Waals surface area contributed by atoms with E-state index >= 15 is 4.39 Å². The maximum absolute atomic E-state index is 15.2. The van der Waals surface area contributed by atoms with Gasteiger partial charge in [-0.25, -0.2) is 14.4 Å². The summed E-state index contributed by atoms with van der Waals surface area (Å²) in [6, 6.07) is 15.9. The Morgan fingerprint density at radius 1 is 1.11 bits per heavy atom. The van der Waals surface area contributed by atoms with Crippen LogP contribution in [-0.4, -0.2) is 119 Å². The van der Waals surface area contributed by atoms with Gasteiger partial charge in [-0.15, -0.1) is 0 Å². The number of rotatable bonds is 9. The highest BCUT2D eigenvalue weighted by Crippen LogP contribution is 2.30. The molecule has 0 radical (unpaired) electrons. The minimum absolute atomic E-state index is 0.0204. The summed E-state index contributed by atoms with van der Waals surface area (Å²) in [5.41, 5.74) is 2.84. The van der Waals surface area contributed by atoms with Crippen LogP contribution in [0.5, 0.6) is 5.75 Å². The van der Waals surface area contributed by atoms with E-state index in [0.717, 1.165) is 45.1 Å². The standard InChI is InChI=1S/C33H38FN9O4/c34-27-17-43(32(45)23-14-30(44)36-16-23)8-7-29(27)47-28-6-1-21(13-22(28)15-35)31-37-20-38-33(40-31)39-24-2-4-25(5-3-24)41-9-11-42(12-10-41)26-18-46-19-26/h1-6,13,20,23,26-27,29,32,45H,7-12,14,16-19H2,(H,36,44)(H,37,38,39,40)/t23?,27-,29+,32+/m1/s1. The molecule has 3 N–H and O–H groups in total. The van der Waals surface area contributed by atoms with Crippen LogP contribution in [0.15, 0.2) is 48.8 Å². The Hall–Kier alpha value is -4.42. The predicted molar refractivity (Wildman–Crippen MR) is 171 cm³/mol. The first-order chi connectivity index (χ1) is 22.9. The van der Waals surface area contributed by atoms with Crippen molar-refractivity contribution < 1.29 is 23.8 Å². The number of nitrogens with one attached hydrogen (secondary N) is 2. The van der Waals surface area contributed by atoms with E-state index in [-0.39, 0.29) is 36.1 Å². The molecule has 0 saturated carbocycles. The van der Waals surface area contributed by atoms with E-state index in [1.807, 2.05) is 12.1 Å². The van der Waals surface area contributed by atoms with Gasteiger partial charge < -0.3 is 30.1 Å². The van der Waals surface area contributed by atoms with E-state index in [2.05, 4.69) is 53.6 Å². The van der Waals surface area contributed by atoms with Crippen LogP contribution in [0.2, 0.25) is 0 Å². The zero-order valence-corrected chi connectivity index (χ0v) is 26.0. The van der Waals surface area contributed by atoms with Gasteiger partial charge in [0.25, 0.3) is 0 Å². The fraction of sp³-hybridized carbons (Fsp3) is 0.485. The second-order valence-electron chi connectivity index (χ2n) is 12.5. The van der Waals surface area contributed by atoms with Gasteiger partial charge in [0.15, 0.2) is 5.82 Å². The van der Waals surface area contributed by atoms with E-state index in [9.17, 15) is 15.2 Å². The number of aromatic nitrogens is 3. The molecular formula is C33H38FN9O4. The van der Waals surface area contributed by atoms with Crippen molar-refractivity contribution in [2.75, 3.05) is 69.2 Å². The number of anilines is 3. The number of hydrogen-bond donors (Lipinski definition) is 3. The van der Waals surface area contributed by atoms with Crippen LogP contribution in [-0.2, 0) is 9.53 Å². The molecule has 0 aliphatic carbocycles. The van der Waals surface area contributed by atoms with Crippen molar-refractivity contribution in [3.63, 3.8) is 0 Å². The maximum atomic E-state index is 15.2. The van der Waals surface area contributed by atoms with Gasteiger partial charge in [0, 0.05) is 81.5 Å². The van der Waals surface area contributed by atoms with Crippen molar-refractivity contribution in [3.8, 4) is 23.2 Å². The lowest BCUT2D eigenvalue weighted by Gasteiger charge is -2.43. The molecule has 1 amide bonds. The summed E-state index contributed by atoms with van der Waals surface area (Å²) < 4.78 is 26.5. The molecule has 0 bridgehead atoms. The summed E-state index contributed by atoms with van der Waals surface area (Å²) in [5, 5.41) is 26.5. The number of nitrogens with zero attached hydrogens (tertiary/aromatic N) is 7. The van der Waals surface area contributed by atoms with E-state index in [1.54, 1.807) is 23.1 Å². The fourth-order valence-corrected chi connectivity index (χ4v) is 6.60. The van der Waals surface area contributed by atoms with Gasteiger partial charge in [-0.1, -0.05) is 0 Å². The minimum atomic E-state index is -1.38. The monoisotopic (exact) mass is 643 g/mol. The highest BCUT2D eigenvalue weighted by Gasteiger charge is 2.38. The largest absolute Gasteiger partial charge is 0.486 e. The van der Waals surface area contributed by atoms with Gasteiger partial charge in [-0.2, -0.15) is 10.2 Å². The average Bonchev–Trinajstić information content (AvgIpc) is 3.51. The van der Waals surface area contributed by atoms with Gasteiger partial charge in [0.1, 0.15) is 36.6 Å². The van der Waals surface area contributed by atoms with Gasteiger partial charge in [0.2, 0.25) is 11.9 Å². The Balaban J connectivity index is 0.955. The van der Waals surface area contributed by atoms with Crippen molar-refractivity contribution in [2.45, 2.75) is 37.4 Å². The van der Waals surface area contributed by atoms with Gasteiger partial charge >= 0.3 is 0 Å². The molecule has 4 fully saturated rings. The third-order valence-electron chi connectivity index (χ3n) is 9.47. The molecule has 4 aliphatic heterocycles. The number of likely N-dealkylation sites (tertiary alicyclic amines) is 1. The topological polar surface area (TPSA) is 152 Å². The Kier molecular flexibility index (Phi) is 9.12. The maximum Gasteiger partial charge on any atom is 0.230 e. The second-order valence-corrected chi connectivity index (χ2v) is 12.5. The van der Waals surface area contributed by atoms with Crippen molar-refractivity contribution in [1.29, 1.82) is 5.26 Å². The van der Waals surface area contributed by atoms with Crippen LogP contribution in [0.1, 0.15) is 18.4 Å². The molecule has 3 aromatic rings. The van der Waals surface area contributed by atoms with Crippen molar-refractivity contribution >= 4 is 23.2 Å². The van der Waals surface area contributed by atoms with Gasteiger partial charge in [-0.05, 0) is 42.5 Å². The number of carbonyl (C=O) groups is 1. The molecule has 5 heterocycles. The smallest absolute Gasteiger partial charge is 0.230 e. The van der Waals surface area contributed by atoms with Crippen LogP contribution in [0.3, 0.4) is 0 Å². The first kappa shape index (κ1) is 31.2. The Bertz CT molecular complexity index is 1610. The van der Waals surface area contributed by atoms with Crippen molar-refractivity contribution in [2.24, 2.45) is 5.92 Å². The summed E-state index contributed by atoms with van der Waals surface area (Å²) in [7, 11) is 0. The molecule has 4 aliphatic rings. The van der Waals surface area contributed by atoms with Crippen LogP contribution in [0.4, 0.5) is 21.7 Å². The number of piperazine rings is 1. The molecule has 4 atom stereocenters. The lowest BCUT2D eigenvalue weighted by Crippen LogP contribution is -2.56. The SMILES string of the molecule is N#Cc1cc(-c2ncnc(Nc3ccc(N4CCN(C5COC5)CC4)cc3)n2)ccc1O[C@H]1CCN([C@@H](O)C2CNC(=O)C2)C[C@H]1F. The molecule has 7 rings (SSSR count). The van der Waals surface area contributed by atoms with Gasteiger partial charge in [-0.3, -0.25) is 14.6 Å². The molecule has 4 saturated heterocycles. The molecule has 0 spiro atoms. The number of halogens is 1. The zero-order valence-electron chi connectivity index (χ0n) is 26.0. The zero-order chi connectivity index (χ0) is 32.3. The lowest BCUT2D eigenvalue weighted by atomic mass is 10.0. The Morgan fingerprint density at radius 2 is 1.91 bits per heavy atom. The number of alkyl halides is 1. The number of carbonyl (C=O) groups excluding carboxylic acids is 1. The van der Waals surface area contributed by atoms with Crippen molar-refractivity contribution in [1.82, 2.24) is 30.1 Å². The summed E-state index contributed by atoms with van der Waals surface area (Å²) in [4.78, 5) is 31.2. The van der Waals surface area contributed by atoms with E-state index < -0.39 is 18.5 Å². The molecule has 13 nitrogen and oxygen atoms in total. The van der Waals surface area contributed by atoms with Crippen LogP contribution in [0, 0.1) is 17.2 Å². The van der Waals surface area contributed by atoms with Crippen LogP contribution < -0.4 is 20.3 Å². The van der Waals surface area contributed by atoms with Crippen LogP contribution >= 0.6 is 0 Å². The van der Waals surface area contributed by atoms with E-state index in [1.165, 1.54) is 12.0 Å². The predicted octanol–water partition coefficient (Wildman–Crippen LogP) is 1.92. The van der Waals surface area contributed by atoms with Crippen LogP contribution in [0.25, 0.3) is 11.4 Å². The van der Waals surface area contributed by atoms with Crippen molar-refractivity contribution in [3.05, 3.63) is 54.4 Å². The average molecular weight is 644 g/mol. The Labute approximate surface area is 272 Å². The molecule has 47 heavy (non-hydrogen) atoms. The molecule has 1 unspecified atom stereocenters. The summed E-state index contributed by atoms with van der Waals surface area (Å²) >= 11 is 0. The molecule has 1 aromatic heterocycles. The fourth-order valence-electron chi connectivity index (χ4n) is 6.60. The summed E-state index contributed by atoms with van der Waals surface area (Å²) in [6.07, 6.45) is -1.08. The normalized spacial score (nSPS) is 24.7. The number of benzene rings is 2. The molecule has 2 aromatic carbocycles. The number of ether oxygens (including phenoxy) is 2. The summed E-state index contributed by atoms with van der Waals surface area (Å²) in [6.45, 7) is 6.49. The third kappa shape index (κ3) is 6.98. The number of hydrogen-bond acceptors (Lipinski definition) is 12. The first-order valence-electron chi connectivity index (χ1n) is 16.1.